The van der Waals surface area contributed by atoms with Crippen molar-refractivity contribution in [1.29, 1.82) is 0 Å². The van der Waals surface area contributed by atoms with Gasteiger partial charge in [0.05, 0.1) is 0 Å². The Hall–Kier alpha value is -2.25. The van der Waals surface area contributed by atoms with Gasteiger partial charge in [-0.05, 0) is 47.7 Å². The van der Waals surface area contributed by atoms with E-state index in [1.807, 2.05) is 36.4 Å². The molecular weight excluding hydrogens is 316 g/mol. The summed E-state index contributed by atoms with van der Waals surface area (Å²) in [5.74, 6) is 0.859. The van der Waals surface area contributed by atoms with Crippen molar-refractivity contribution in [2.24, 2.45) is 0 Å². The molecule has 0 unspecified atom stereocenters. The highest BCUT2D eigenvalue weighted by Gasteiger charge is 2.09. The van der Waals surface area contributed by atoms with Gasteiger partial charge >= 0.3 is 0 Å². The van der Waals surface area contributed by atoms with Crippen molar-refractivity contribution in [2.75, 3.05) is 0 Å². The zero-order valence-electron chi connectivity index (χ0n) is 13.8. The van der Waals surface area contributed by atoms with E-state index in [1.165, 1.54) is 16.7 Å². The van der Waals surface area contributed by atoms with Gasteiger partial charge in [-0.2, -0.15) is 0 Å². The van der Waals surface area contributed by atoms with Crippen LogP contribution < -0.4 is 4.74 Å². The Bertz CT molecular complexity index is 782. The van der Waals surface area contributed by atoms with Gasteiger partial charge in [0.15, 0.2) is 0 Å². The van der Waals surface area contributed by atoms with E-state index in [2.05, 4.69) is 43.3 Å². The van der Waals surface area contributed by atoms with Crippen LogP contribution in [0.2, 0.25) is 5.02 Å². The summed E-state index contributed by atoms with van der Waals surface area (Å²) in [5.41, 5.74) is 4.96. The predicted molar refractivity (Wildman–Crippen MR) is 101 cm³/mol. The standard InChI is InChI=1S/C22H21ClO/c1-2-18-15-22(23)20(16-24-21-11-7-4-8-12-21)14-19(18)13-17-9-5-3-6-10-17/h3-12,14-15H,2,13,16H2,1H3. The Balaban J connectivity index is 1.83. The van der Waals surface area contributed by atoms with Crippen LogP contribution in [0.4, 0.5) is 0 Å². The summed E-state index contributed by atoms with van der Waals surface area (Å²) < 4.78 is 5.87. The van der Waals surface area contributed by atoms with E-state index < -0.39 is 0 Å². The van der Waals surface area contributed by atoms with Gasteiger partial charge in [-0.15, -0.1) is 0 Å². The largest absolute Gasteiger partial charge is 0.489 e. The summed E-state index contributed by atoms with van der Waals surface area (Å²) in [6, 6.07) is 24.6. The van der Waals surface area contributed by atoms with Crippen molar-refractivity contribution in [1.82, 2.24) is 0 Å². The highest BCUT2D eigenvalue weighted by atomic mass is 35.5. The van der Waals surface area contributed by atoms with E-state index in [0.717, 1.165) is 29.2 Å². The van der Waals surface area contributed by atoms with E-state index >= 15 is 0 Å². The van der Waals surface area contributed by atoms with Crippen LogP contribution in [0.15, 0.2) is 72.8 Å². The number of ether oxygens (including phenoxy) is 1. The molecule has 0 saturated carbocycles. The van der Waals surface area contributed by atoms with Crippen molar-refractivity contribution in [3.05, 3.63) is 100 Å². The van der Waals surface area contributed by atoms with Gasteiger partial charge in [0, 0.05) is 10.6 Å². The maximum atomic E-state index is 6.47. The van der Waals surface area contributed by atoms with Crippen LogP contribution in [-0.2, 0) is 19.4 Å². The number of aryl methyl sites for hydroxylation is 1. The highest BCUT2D eigenvalue weighted by molar-refractivity contribution is 6.31. The molecule has 0 saturated heterocycles. The summed E-state index contributed by atoms with van der Waals surface area (Å²) in [6.07, 6.45) is 1.89. The molecule has 0 aliphatic carbocycles. The van der Waals surface area contributed by atoms with Crippen molar-refractivity contribution in [2.45, 2.75) is 26.4 Å². The molecule has 0 spiro atoms. The van der Waals surface area contributed by atoms with Crippen molar-refractivity contribution in [3.63, 3.8) is 0 Å². The van der Waals surface area contributed by atoms with E-state index in [4.69, 9.17) is 16.3 Å². The first-order chi connectivity index (χ1) is 11.8. The van der Waals surface area contributed by atoms with E-state index in [0.29, 0.717) is 6.61 Å². The van der Waals surface area contributed by atoms with Crippen molar-refractivity contribution in [3.8, 4) is 5.75 Å². The lowest BCUT2D eigenvalue weighted by atomic mass is 9.96. The average Bonchev–Trinajstić information content (AvgIpc) is 2.63. The van der Waals surface area contributed by atoms with Gasteiger partial charge < -0.3 is 4.74 Å². The molecule has 24 heavy (non-hydrogen) atoms. The summed E-state index contributed by atoms with van der Waals surface area (Å²) in [4.78, 5) is 0. The molecule has 0 amide bonds. The number of hydrogen-bond donors (Lipinski definition) is 0. The third-order valence-corrected chi connectivity index (χ3v) is 4.48. The zero-order valence-corrected chi connectivity index (χ0v) is 14.6. The van der Waals surface area contributed by atoms with Crippen LogP contribution in [0.5, 0.6) is 5.75 Å². The fourth-order valence-electron chi connectivity index (χ4n) is 2.81. The first-order valence-electron chi connectivity index (χ1n) is 8.28. The minimum atomic E-state index is 0.481. The smallest absolute Gasteiger partial charge is 0.119 e. The zero-order chi connectivity index (χ0) is 16.8. The molecule has 1 nitrogen and oxygen atoms in total. The van der Waals surface area contributed by atoms with E-state index in [-0.39, 0.29) is 0 Å². The molecule has 0 radical (unpaired) electrons. The van der Waals surface area contributed by atoms with E-state index in [1.54, 1.807) is 0 Å². The molecule has 3 aromatic carbocycles. The lowest BCUT2D eigenvalue weighted by Crippen LogP contribution is -2.01. The number of halogens is 1. The first kappa shape index (κ1) is 16.6. The normalized spacial score (nSPS) is 10.6. The quantitative estimate of drug-likeness (QED) is 0.530. The molecule has 0 fully saturated rings. The van der Waals surface area contributed by atoms with Gasteiger partial charge in [0.1, 0.15) is 12.4 Å². The number of rotatable bonds is 6. The Labute approximate surface area is 148 Å². The molecule has 0 heterocycles. The number of hydrogen-bond acceptors (Lipinski definition) is 1. The number of benzene rings is 3. The average molecular weight is 337 g/mol. The Morgan fingerprint density at radius 2 is 1.46 bits per heavy atom. The molecule has 0 atom stereocenters. The molecule has 0 aliphatic heterocycles. The minimum absolute atomic E-state index is 0.481. The highest BCUT2D eigenvalue weighted by Crippen LogP contribution is 2.25. The molecule has 2 heteroatoms. The maximum Gasteiger partial charge on any atom is 0.119 e. The molecule has 0 bridgehead atoms. The molecule has 3 aromatic rings. The molecule has 0 aromatic heterocycles. The fraction of sp³-hybridized carbons (Fsp3) is 0.182. The number of para-hydroxylation sites is 1. The maximum absolute atomic E-state index is 6.47. The molecule has 0 N–H and O–H groups in total. The Morgan fingerprint density at radius 1 is 0.792 bits per heavy atom. The first-order valence-corrected chi connectivity index (χ1v) is 8.66. The topological polar surface area (TPSA) is 9.23 Å². The fourth-order valence-corrected chi connectivity index (χ4v) is 3.05. The lowest BCUT2D eigenvalue weighted by molar-refractivity contribution is 0.306. The molecular formula is C22H21ClO. The third-order valence-electron chi connectivity index (χ3n) is 4.12. The second-order valence-corrected chi connectivity index (χ2v) is 6.24. The summed E-state index contributed by atoms with van der Waals surface area (Å²) in [7, 11) is 0. The van der Waals surface area contributed by atoms with Crippen LogP contribution in [-0.4, -0.2) is 0 Å². The second-order valence-electron chi connectivity index (χ2n) is 5.83. The summed E-state index contributed by atoms with van der Waals surface area (Å²) >= 11 is 6.47. The molecule has 0 aliphatic rings. The van der Waals surface area contributed by atoms with E-state index in [9.17, 15) is 0 Å². The Morgan fingerprint density at radius 3 is 2.12 bits per heavy atom. The van der Waals surface area contributed by atoms with Crippen molar-refractivity contribution < 1.29 is 4.74 Å². The summed E-state index contributed by atoms with van der Waals surface area (Å²) in [5, 5.41) is 0.777. The Kier molecular flexibility index (Phi) is 5.55. The van der Waals surface area contributed by atoms with Gasteiger partial charge in [-0.3, -0.25) is 0 Å². The van der Waals surface area contributed by atoms with Gasteiger partial charge in [0.25, 0.3) is 0 Å². The third kappa shape index (κ3) is 4.18. The molecule has 3 rings (SSSR count). The van der Waals surface area contributed by atoms with Crippen LogP contribution in [0.25, 0.3) is 0 Å². The van der Waals surface area contributed by atoms with Gasteiger partial charge in [-0.1, -0.05) is 73.1 Å². The second kappa shape index (κ2) is 8.03. The van der Waals surface area contributed by atoms with Crippen LogP contribution in [0, 0.1) is 0 Å². The van der Waals surface area contributed by atoms with Crippen LogP contribution >= 0.6 is 11.6 Å². The minimum Gasteiger partial charge on any atom is -0.489 e. The predicted octanol–water partition coefficient (Wildman–Crippen LogP) is 6.07. The van der Waals surface area contributed by atoms with Crippen molar-refractivity contribution >= 4 is 11.6 Å². The monoisotopic (exact) mass is 336 g/mol. The SMILES string of the molecule is CCc1cc(Cl)c(COc2ccccc2)cc1Cc1ccccc1. The van der Waals surface area contributed by atoms with Gasteiger partial charge in [0.2, 0.25) is 0 Å². The van der Waals surface area contributed by atoms with Gasteiger partial charge in [-0.25, -0.2) is 0 Å². The lowest BCUT2D eigenvalue weighted by Gasteiger charge is -2.14. The van der Waals surface area contributed by atoms with Crippen LogP contribution in [0.3, 0.4) is 0 Å². The van der Waals surface area contributed by atoms with Crippen LogP contribution in [0.1, 0.15) is 29.2 Å². The summed E-state index contributed by atoms with van der Waals surface area (Å²) in [6.45, 7) is 2.65. The molecule has 122 valence electrons.